The number of hydrogen-bond acceptors (Lipinski definition) is 2. The zero-order valence-electron chi connectivity index (χ0n) is 7.80. The van der Waals surface area contributed by atoms with Crippen LogP contribution in [-0.2, 0) is 0 Å². The molecule has 0 unspecified atom stereocenters. The molecule has 13 heavy (non-hydrogen) atoms. The Morgan fingerprint density at radius 2 is 1.69 bits per heavy atom. The van der Waals surface area contributed by atoms with Crippen molar-refractivity contribution in [3.63, 3.8) is 0 Å². The van der Waals surface area contributed by atoms with Gasteiger partial charge in [0.05, 0.1) is 0 Å². The van der Waals surface area contributed by atoms with Gasteiger partial charge in [-0.05, 0) is 17.5 Å². The molecule has 0 N–H and O–H groups in total. The number of nitrogens with zero attached hydrogens (tertiary/aromatic N) is 6. The summed E-state index contributed by atoms with van der Waals surface area (Å²) in [4.78, 5) is 5.23. The first-order valence-corrected chi connectivity index (χ1v) is 4.43. The fourth-order valence-corrected chi connectivity index (χ4v) is 1.01. The summed E-state index contributed by atoms with van der Waals surface area (Å²) in [5, 5.41) is 6.74. The minimum absolute atomic E-state index is 0.549. The van der Waals surface area contributed by atoms with Crippen LogP contribution in [0.1, 0.15) is 39.0 Å². The third-order valence-corrected chi connectivity index (χ3v) is 1.69. The van der Waals surface area contributed by atoms with E-state index >= 15 is 0 Å². The van der Waals surface area contributed by atoms with Crippen LogP contribution in [0, 0.1) is 0 Å². The standard InChI is InChI=1S/C7H14N6/c1-2-3-4-5-6-7(10-12-8)11-13-9/h7H,2-6H2,1H3. The zero-order valence-corrected chi connectivity index (χ0v) is 7.80. The Morgan fingerprint density at radius 3 is 2.15 bits per heavy atom. The third-order valence-electron chi connectivity index (χ3n) is 1.69. The molecule has 0 spiro atoms. The molecule has 0 bridgehead atoms. The monoisotopic (exact) mass is 182 g/mol. The largest absolute Gasteiger partial charge is 0.116 e. The van der Waals surface area contributed by atoms with E-state index in [1.807, 2.05) is 0 Å². The minimum atomic E-state index is -0.549. The molecule has 6 heteroatoms. The molecule has 0 aromatic rings. The van der Waals surface area contributed by atoms with Gasteiger partial charge in [0.1, 0.15) is 6.17 Å². The number of hydrogen-bond donors (Lipinski definition) is 0. The number of azide groups is 1. The van der Waals surface area contributed by atoms with Gasteiger partial charge in [0, 0.05) is 9.82 Å². The van der Waals surface area contributed by atoms with E-state index in [0.29, 0.717) is 6.42 Å². The Labute approximate surface area is 77.2 Å². The number of unbranched alkanes of at least 4 members (excludes halogenated alkanes) is 3. The highest BCUT2D eigenvalue weighted by Gasteiger charge is 2.01. The summed E-state index contributed by atoms with van der Waals surface area (Å²) in [6.45, 7) is 2.12. The molecule has 0 saturated carbocycles. The van der Waals surface area contributed by atoms with Crippen molar-refractivity contribution in [1.29, 1.82) is 0 Å². The van der Waals surface area contributed by atoms with Gasteiger partial charge in [-0.25, -0.2) is 0 Å². The summed E-state index contributed by atoms with van der Waals surface area (Å²) in [7, 11) is 0. The summed E-state index contributed by atoms with van der Waals surface area (Å²) in [6.07, 6.45) is 4.46. The maximum atomic E-state index is 8.14. The summed E-state index contributed by atoms with van der Waals surface area (Å²) < 4.78 is 0. The van der Waals surface area contributed by atoms with Crippen LogP contribution in [0.2, 0.25) is 0 Å². The second-order valence-corrected chi connectivity index (χ2v) is 2.74. The summed E-state index contributed by atoms with van der Waals surface area (Å²) in [6, 6.07) is 0. The first-order valence-electron chi connectivity index (χ1n) is 4.43. The van der Waals surface area contributed by atoms with E-state index in [1.54, 1.807) is 0 Å². The molecule has 0 aliphatic heterocycles. The zero-order chi connectivity index (χ0) is 9.94. The molecule has 72 valence electrons. The van der Waals surface area contributed by atoms with Crippen LogP contribution in [-0.4, -0.2) is 6.17 Å². The highest BCUT2D eigenvalue weighted by molar-refractivity contribution is 4.64. The normalized spacial score (nSPS) is 11.2. The molecule has 0 amide bonds. The maximum absolute atomic E-state index is 8.14. The van der Waals surface area contributed by atoms with Gasteiger partial charge in [-0.2, -0.15) is 0 Å². The third kappa shape index (κ3) is 7.00. The van der Waals surface area contributed by atoms with E-state index in [9.17, 15) is 0 Å². The van der Waals surface area contributed by atoms with Gasteiger partial charge in [0.2, 0.25) is 0 Å². The summed E-state index contributed by atoms with van der Waals surface area (Å²) >= 11 is 0. The van der Waals surface area contributed by atoms with Crippen molar-refractivity contribution in [2.24, 2.45) is 10.2 Å². The Balaban J connectivity index is 3.69. The van der Waals surface area contributed by atoms with Crippen LogP contribution in [0.3, 0.4) is 0 Å². The van der Waals surface area contributed by atoms with Crippen molar-refractivity contribution in [3.8, 4) is 0 Å². The van der Waals surface area contributed by atoms with Crippen molar-refractivity contribution in [3.05, 3.63) is 20.9 Å². The molecule has 0 aromatic heterocycles. The van der Waals surface area contributed by atoms with Gasteiger partial charge < -0.3 is 0 Å². The highest BCUT2D eigenvalue weighted by Crippen LogP contribution is 2.09. The molecule has 6 nitrogen and oxygen atoms in total. The van der Waals surface area contributed by atoms with Gasteiger partial charge in [-0.3, -0.25) is 0 Å². The predicted molar refractivity (Wildman–Crippen MR) is 50.8 cm³/mol. The molecule has 0 aliphatic rings. The lowest BCUT2D eigenvalue weighted by atomic mass is 10.1. The first kappa shape index (κ1) is 11.6. The van der Waals surface area contributed by atoms with Gasteiger partial charge >= 0.3 is 0 Å². The van der Waals surface area contributed by atoms with E-state index in [-0.39, 0.29) is 0 Å². The van der Waals surface area contributed by atoms with Crippen molar-refractivity contribution < 1.29 is 0 Å². The van der Waals surface area contributed by atoms with Gasteiger partial charge in [-0.1, -0.05) is 42.8 Å². The molecule has 0 saturated heterocycles. The molecule has 0 atom stereocenters. The lowest BCUT2D eigenvalue weighted by molar-refractivity contribution is 0.557. The Morgan fingerprint density at radius 1 is 1.08 bits per heavy atom. The van der Waals surface area contributed by atoms with E-state index < -0.39 is 6.17 Å². The highest BCUT2D eigenvalue weighted by atomic mass is 15.3. The Hall–Kier alpha value is -1.38. The molecule has 0 fully saturated rings. The van der Waals surface area contributed by atoms with Gasteiger partial charge in [0.25, 0.3) is 0 Å². The van der Waals surface area contributed by atoms with Gasteiger partial charge in [-0.15, -0.1) is 0 Å². The van der Waals surface area contributed by atoms with E-state index in [1.165, 1.54) is 6.42 Å². The van der Waals surface area contributed by atoms with Crippen molar-refractivity contribution in [1.82, 2.24) is 0 Å². The SMILES string of the molecule is CCCCCCC(N=[N+]=[N-])N=[N+]=[N-]. The second-order valence-electron chi connectivity index (χ2n) is 2.74. The van der Waals surface area contributed by atoms with Crippen LogP contribution in [0.15, 0.2) is 10.2 Å². The molecule has 0 aromatic carbocycles. The molecule has 0 heterocycles. The smallest absolute Gasteiger partial charge is 0.0846 e. The second kappa shape index (κ2) is 8.71. The van der Waals surface area contributed by atoms with Crippen LogP contribution in [0.5, 0.6) is 0 Å². The molecule has 0 rings (SSSR count). The summed E-state index contributed by atoms with van der Waals surface area (Å²) in [5.41, 5.74) is 16.3. The fourth-order valence-electron chi connectivity index (χ4n) is 1.01. The van der Waals surface area contributed by atoms with E-state index in [0.717, 1.165) is 19.3 Å². The van der Waals surface area contributed by atoms with Crippen LogP contribution < -0.4 is 0 Å². The first-order chi connectivity index (χ1) is 6.35. The topological polar surface area (TPSA) is 97.5 Å². The van der Waals surface area contributed by atoms with Crippen LogP contribution in [0.25, 0.3) is 20.9 Å². The lowest BCUT2D eigenvalue weighted by Crippen LogP contribution is -1.97. The van der Waals surface area contributed by atoms with Gasteiger partial charge in [0.15, 0.2) is 0 Å². The predicted octanol–water partition coefficient (Wildman–Crippen LogP) is 3.90. The van der Waals surface area contributed by atoms with Crippen molar-refractivity contribution in [2.75, 3.05) is 0 Å². The Kier molecular flexibility index (Phi) is 7.79. The van der Waals surface area contributed by atoms with E-state index in [4.69, 9.17) is 11.1 Å². The van der Waals surface area contributed by atoms with Crippen LogP contribution in [0.4, 0.5) is 0 Å². The molecule has 0 radical (unpaired) electrons. The minimum Gasteiger partial charge on any atom is -0.0846 e. The maximum Gasteiger partial charge on any atom is 0.116 e. The lowest BCUT2D eigenvalue weighted by Gasteiger charge is -2.02. The average Bonchev–Trinajstić information content (AvgIpc) is 2.13. The molecule has 0 aliphatic carbocycles. The molecular formula is C7H14N6. The summed E-state index contributed by atoms with van der Waals surface area (Å²) in [5.74, 6) is 0. The quantitative estimate of drug-likeness (QED) is 0.247. The molecular weight excluding hydrogens is 168 g/mol. The van der Waals surface area contributed by atoms with Crippen molar-refractivity contribution >= 4 is 0 Å². The number of rotatable bonds is 7. The van der Waals surface area contributed by atoms with Crippen molar-refractivity contribution in [2.45, 2.75) is 45.2 Å². The Bertz CT molecular complexity index is 195. The average molecular weight is 182 g/mol. The van der Waals surface area contributed by atoms with E-state index in [2.05, 4.69) is 27.0 Å². The fraction of sp³-hybridized carbons (Fsp3) is 1.00. The van der Waals surface area contributed by atoms with Crippen LogP contribution >= 0.6 is 0 Å².